The Morgan fingerprint density at radius 3 is 2.42 bits per heavy atom. The largest absolute Gasteiger partial charge is 0.508 e. The first-order chi connectivity index (χ1) is 9.29. The molecule has 0 amide bonds. The number of hydrogen-bond acceptors (Lipinski definition) is 2. The van der Waals surface area contributed by atoms with Crippen LogP contribution >= 0.6 is 0 Å². The maximum absolute atomic E-state index is 9.95. The Bertz CT molecular complexity index is 347. The van der Waals surface area contributed by atoms with Gasteiger partial charge in [-0.3, -0.25) is 0 Å². The second-order valence-electron chi connectivity index (χ2n) is 5.12. The highest BCUT2D eigenvalue weighted by molar-refractivity contribution is 5.43. The van der Waals surface area contributed by atoms with Gasteiger partial charge in [-0.1, -0.05) is 52.0 Å². The van der Waals surface area contributed by atoms with Crippen molar-refractivity contribution >= 4 is 0 Å². The van der Waals surface area contributed by atoms with Crippen molar-refractivity contribution in [3.8, 4) is 11.5 Å². The van der Waals surface area contributed by atoms with Gasteiger partial charge in [-0.15, -0.1) is 0 Å². The summed E-state index contributed by atoms with van der Waals surface area (Å²) in [4.78, 5) is 0. The monoisotopic (exact) mass is 264 g/mol. The summed E-state index contributed by atoms with van der Waals surface area (Å²) in [6.45, 7) is 5.15. The Balaban J connectivity index is 2.48. The van der Waals surface area contributed by atoms with Gasteiger partial charge in [-0.05, 0) is 31.4 Å². The second-order valence-corrected chi connectivity index (χ2v) is 5.12. The predicted octanol–water partition coefficient (Wildman–Crippen LogP) is 5.08. The first kappa shape index (κ1) is 15.9. The number of hydrogen-bond donors (Lipinski definition) is 1. The van der Waals surface area contributed by atoms with Crippen molar-refractivity contribution in [1.82, 2.24) is 0 Å². The lowest BCUT2D eigenvalue weighted by atomic mass is 10.1. The van der Waals surface area contributed by atoms with Gasteiger partial charge in [0.15, 0.2) is 0 Å². The highest BCUT2D eigenvalue weighted by Gasteiger charge is 2.08. The number of aromatic hydroxyl groups is 1. The van der Waals surface area contributed by atoms with E-state index < -0.39 is 0 Å². The van der Waals surface area contributed by atoms with Gasteiger partial charge in [0.25, 0.3) is 0 Å². The van der Waals surface area contributed by atoms with E-state index >= 15 is 0 Å². The molecule has 2 nitrogen and oxygen atoms in total. The van der Waals surface area contributed by atoms with Crippen molar-refractivity contribution < 1.29 is 9.84 Å². The smallest absolute Gasteiger partial charge is 0.126 e. The predicted molar refractivity (Wildman–Crippen MR) is 81.0 cm³/mol. The summed E-state index contributed by atoms with van der Waals surface area (Å²) >= 11 is 0. The molecule has 0 aromatic heterocycles. The molecule has 0 heterocycles. The minimum Gasteiger partial charge on any atom is -0.508 e. The van der Waals surface area contributed by atoms with E-state index in [1.165, 1.54) is 32.1 Å². The first-order valence-corrected chi connectivity index (χ1v) is 7.73. The molecule has 1 aromatic rings. The lowest BCUT2D eigenvalue weighted by molar-refractivity contribution is 0.299. The number of benzene rings is 1. The van der Waals surface area contributed by atoms with Crippen LogP contribution in [-0.2, 0) is 6.42 Å². The number of ether oxygens (including phenoxy) is 1. The van der Waals surface area contributed by atoms with E-state index in [0.29, 0.717) is 5.75 Å². The molecule has 0 saturated heterocycles. The zero-order valence-corrected chi connectivity index (χ0v) is 12.5. The standard InChI is InChI=1S/C17H28O2/c1-3-5-7-9-14-19-17-13-10-12-16(18)15(17)11-8-6-4-2/h10,12-13,18H,3-9,11,14H2,1-2H3. The van der Waals surface area contributed by atoms with Gasteiger partial charge in [0.1, 0.15) is 11.5 Å². The van der Waals surface area contributed by atoms with Crippen LogP contribution in [0.2, 0.25) is 0 Å². The number of phenolic OH excluding ortho intramolecular Hbond substituents is 1. The van der Waals surface area contributed by atoms with Crippen molar-refractivity contribution in [2.45, 2.75) is 65.2 Å². The molecule has 0 aliphatic heterocycles. The molecule has 108 valence electrons. The van der Waals surface area contributed by atoms with Crippen molar-refractivity contribution in [3.05, 3.63) is 23.8 Å². The zero-order chi connectivity index (χ0) is 13.9. The third-order valence-corrected chi connectivity index (χ3v) is 3.39. The van der Waals surface area contributed by atoms with Gasteiger partial charge in [0.05, 0.1) is 6.61 Å². The van der Waals surface area contributed by atoms with Crippen LogP contribution in [0.25, 0.3) is 0 Å². The highest BCUT2D eigenvalue weighted by atomic mass is 16.5. The van der Waals surface area contributed by atoms with Crippen LogP contribution in [0.3, 0.4) is 0 Å². The molecule has 19 heavy (non-hydrogen) atoms. The van der Waals surface area contributed by atoms with Crippen molar-refractivity contribution in [3.63, 3.8) is 0 Å². The summed E-state index contributed by atoms with van der Waals surface area (Å²) in [5.41, 5.74) is 0.978. The molecule has 0 saturated carbocycles. The number of unbranched alkanes of at least 4 members (excludes halogenated alkanes) is 5. The van der Waals surface area contributed by atoms with Gasteiger partial charge >= 0.3 is 0 Å². The molecule has 1 N–H and O–H groups in total. The van der Waals surface area contributed by atoms with Crippen LogP contribution in [-0.4, -0.2) is 11.7 Å². The quantitative estimate of drug-likeness (QED) is 0.597. The average Bonchev–Trinajstić information content (AvgIpc) is 2.41. The van der Waals surface area contributed by atoms with Crippen LogP contribution in [0.15, 0.2) is 18.2 Å². The minimum absolute atomic E-state index is 0.377. The van der Waals surface area contributed by atoms with E-state index in [9.17, 15) is 5.11 Å². The van der Waals surface area contributed by atoms with E-state index in [1.54, 1.807) is 6.07 Å². The van der Waals surface area contributed by atoms with Crippen LogP contribution < -0.4 is 4.74 Å². The molecule has 1 rings (SSSR count). The lowest BCUT2D eigenvalue weighted by Gasteiger charge is -2.12. The Morgan fingerprint density at radius 2 is 1.68 bits per heavy atom. The van der Waals surface area contributed by atoms with Gasteiger partial charge in [-0.2, -0.15) is 0 Å². The van der Waals surface area contributed by atoms with Gasteiger partial charge in [-0.25, -0.2) is 0 Å². The van der Waals surface area contributed by atoms with Crippen molar-refractivity contribution in [2.24, 2.45) is 0 Å². The summed E-state index contributed by atoms with van der Waals surface area (Å²) in [7, 11) is 0. The summed E-state index contributed by atoms with van der Waals surface area (Å²) in [6, 6.07) is 5.59. The molecule has 0 aliphatic carbocycles. The van der Waals surface area contributed by atoms with Gasteiger partial charge in [0, 0.05) is 5.56 Å². The van der Waals surface area contributed by atoms with Crippen LogP contribution in [0.5, 0.6) is 11.5 Å². The summed E-state index contributed by atoms with van der Waals surface area (Å²) in [6.07, 6.45) is 9.25. The second kappa shape index (κ2) is 9.71. The van der Waals surface area contributed by atoms with Crippen molar-refractivity contribution in [1.29, 1.82) is 0 Å². The van der Waals surface area contributed by atoms with E-state index in [-0.39, 0.29) is 0 Å². The summed E-state index contributed by atoms with van der Waals surface area (Å²) in [5.74, 6) is 1.25. The Labute approximate surface area is 117 Å². The Hall–Kier alpha value is -1.18. The molecule has 0 radical (unpaired) electrons. The van der Waals surface area contributed by atoms with Gasteiger partial charge in [0.2, 0.25) is 0 Å². The molecular weight excluding hydrogens is 236 g/mol. The van der Waals surface area contributed by atoms with E-state index in [0.717, 1.165) is 37.2 Å². The fourth-order valence-electron chi connectivity index (χ4n) is 2.20. The zero-order valence-electron chi connectivity index (χ0n) is 12.5. The maximum Gasteiger partial charge on any atom is 0.126 e. The molecular formula is C17H28O2. The lowest BCUT2D eigenvalue weighted by Crippen LogP contribution is -2.01. The average molecular weight is 264 g/mol. The molecule has 2 heteroatoms. The topological polar surface area (TPSA) is 29.5 Å². The summed E-state index contributed by atoms with van der Waals surface area (Å²) in [5, 5.41) is 9.95. The molecule has 0 atom stereocenters. The molecule has 0 bridgehead atoms. The fourth-order valence-corrected chi connectivity index (χ4v) is 2.20. The van der Waals surface area contributed by atoms with E-state index in [4.69, 9.17) is 4.74 Å². The minimum atomic E-state index is 0.377. The molecule has 1 aromatic carbocycles. The SMILES string of the molecule is CCCCCCOc1cccc(O)c1CCCCC. The molecule has 0 aliphatic rings. The highest BCUT2D eigenvalue weighted by Crippen LogP contribution is 2.29. The third kappa shape index (κ3) is 6.00. The normalized spacial score (nSPS) is 10.6. The number of phenols is 1. The Morgan fingerprint density at radius 1 is 0.947 bits per heavy atom. The first-order valence-electron chi connectivity index (χ1n) is 7.73. The molecule has 0 spiro atoms. The van der Waals surface area contributed by atoms with Crippen molar-refractivity contribution in [2.75, 3.05) is 6.61 Å². The third-order valence-electron chi connectivity index (χ3n) is 3.39. The van der Waals surface area contributed by atoms with Crippen LogP contribution in [0.1, 0.15) is 64.4 Å². The van der Waals surface area contributed by atoms with Crippen LogP contribution in [0, 0.1) is 0 Å². The van der Waals surface area contributed by atoms with E-state index in [1.807, 2.05) is 12.1 Å². The Kier molecular flexibility index (Phi) is 8.11. The van der Waals surface area contributed by atoms with Gasteiger partial charge < -0.3 is 9.84 Å². The maximum atomic E-state index is 9.95. The fraction of sp³-hybridized carbons (Fsp3) is 0.647. The van der Waals surface area contributed by atoms with E-state index in [2.05, 4.69) is 13.8 Å². The molecule has 0 unspecified atom stereocenters. The summed E-state index contributed by atoms with van der Waals surface area (Å²) < 4.78 is 5.84. The number of rotatable bonds is 10. The van der Waals surface area contributed by atoms with Crippen LogP contribution in [0.4, 0.5) is 0 Å². The molecule has 0 fully saturated rings.